The average Bonchev–Trinajstić information content (AvgIpc) is 2.37. The van der Waals surface area contributed by atoms with Gasteiger partial charge in [-0.05, 0) is 55.2 Å². The van der Waals surface area contributed by atoms with Gasteiger partial charge in [0.2, 0.25) is 0 Å². The van der Waals surface area contributed by atoms with E-state index in [0.29, 0.717) is 0 Å². The molecule has 1 aromatic heterocycles. The van der Waals surface area contributed by atoms with Crippen LogP contribution in [0.5, 0.6) is 0 Å². The quantitative estimate of drug-likeness (QED) is 0.919. The fourth-order valence-electron chi connectivity index (χ4n) is 1.95. The van der Waals surface area contributed by atoms with Crippen molar-refractivity contribution in [2.45, 2.75) is 20.3 Å². The minimum Gasteiger partial charge on any atom is -0.385 e. The zero-order valence-corrected chi connectivity index (χ0v) is 12.3. The topological polar surface area (TPSA) is 24.9 Å². The van der Waals surface area contributed by atoms with Gasteiger partial charge in [0, 0.05) is 29.1 Å². The minimum atomic E-state index is 0.923. The van der Waals surface area contributed by atoms with Gasteiger partial charge in [0.25, 0.3) is 0 Å². The van der Waals surface area contributed by atoms with Crippen molar-refractivity contribution in [1.82, 2.24) is 4.98 Å². The average molecular weight is 305 g/mol. The summed E-state index contributed by atoms with van der Waals surface area (Å²) in [5, 5.41) is 3.45. The number of halogens is 1. The Morgan fingerprint density at radius 2 is 1.94 bits per heavy atom. The van der Waals surface area contributed by atoms with Crippen LogP contribution in [0.25, 0.3) is 0 Å². The highest BCUT2D eigenvalue weighted by Crippen LogP contribution is 2.24. The van der Waals surface area contributed by atoms with Crippen LogP contribution in [0, 0.1) is 13.8 Å². The summed E-state index contributed by atoms with van der Waals surface area (Å²) in [4.78, 5) is 4.12. The van der Waals surface area contributed by atoms with Crippen LogP contribution >= 0.6 is 15.9 Å². The van der Waals surface area contributed by atoms with Gasteiger partial charge in [-0.2, -0.15) is 0 Å². The second-order valence-corrected chi connectivity index (χ2v) is 5.26. The molecule has 0 aliphatic rings. The Bertz CT molecular complexity index is 500. The first-order valence-electron chi connectivity index (χ1n) is 6.06. The SMILES string of the molecule is Cc1cc(NCCc2cccnc2)cc(C)c1Br. The molecule has 1 aromatic carbocycles. The van der Waals surface area contributed by atoms with Crippen molar-refractivity contribution in [2.75, 3.05) is 11.9 Å². The molecule has 2 nitrogen and oxygen atoms in total. The van der Waals surface area contributed by atoms with Gasteiger partial charge < -0.3 is 5.32 Å². The van der Waals surface area contributed by atoms with Crippen molar-refractivity contribution in [3.8, 4) is 0 Å². The molecule has 0 fully saturated rings. The standard InChI is InChI=1S/C15H17BrN2/c1-11-8-14(9-12(2)15(11)16)18-7-5-13-4-3-6-17-10-13/h3-4,6,8-10,18H,5,7H2,1-2H3. The van der Waals surface area contributed by atoms with Crippen molar-refractivity contribution in [2.24, 2.45) is 0 Å². The summed E-state index contributed by atoms with van der Waals surface area (Å²) >= 11 is 3.58. The zero-order chi connectivity index (χ0) is 13.0. The van der Waals surface area contributed by atoms with E-state index < -0.39 is 0 Å². The first-order chi connectivity index (χ1) is 8.66. The number of hydrogen-bond donors (Lipinski definition) is 1. The van der Waals surface area contributed by atoms with Gasteiger partial charge in [0.1, 0.15) is 0 Å². The summed E-state index contributed by atoms with van der Waals surface area (Å²) in [6, 6.07) is 8.41. The number of anilines is 1. The van der Waals surface area contributed by atoms with Gasteiger partial charge >= 0.3 is 0 Å². The minimum absolute atomic E-state index is 0.923. The maximum absolute atomic E-state index is 4.12. The Morgan fingerprint density at radius 1 is 1.22 bits per heavy atom. The molecule has 0 saturated carbocycles. The molecule has 0 atom stereocenters. The summed E-state index contributed by atoms with van der Waals surface area (Å²) in [7, 11) is 0. The van der Waals surface area contributed by atoms with Crippen LogP contribution < -0.4 is 5.32 Å². The highest BCUT2D eigenvalue weighted by Gasteiger charge is 2.01. The van der Waals surface area contributed by atoms with Crippen molar-refractivity contribution in [1.29, 1.82) is 0 Å². The maximum atomic E-state index is 4.12. The Kier molecular flexibility index (Phi) is 4.37. The second-order valence-electron chi connectivity index (χ2n) is 4.46. The van der Waals surface area contributed by atoms with E-state index in [2.05, 4.69) is 58.3 Å². The Hall–Kier alpha value is -1.35. The summed E-state index contributed by atoms with van der Waals surface area (Å²) in [6.07, 6.45) is 4.71. The number of nitrogens with zero attached hydrogens (tertiary/aromatic N) is 1. The molecule has 3 heteroatoms. The molecular weight excluding hydrogens is 288 g/mol. The summed E-state index contributed by atoms with van der Waals surface area (Å²) in [5.74, 6) is 0. The normalized spacial score (nSPS) is 10.4. The maximum Gasteiger partial charge on any atom is 0.0346 e. The summed E-state index contributed by atoms with van der Waals surface area (Å²) in [6.45, 7) is 5.15. The van der Waals surface area contributed by atoms with E-state index in [-0.39, 0.29) is 0 Å². The number of benzene rings is 1. The monoisotopic (exact) mass is 304 g/mol. The van der Waals surface area contributed by atoms with Crippen LogP contribution in [0.4, 0.5) is 5.69 Å². The molecule has 0 aliphatic carbocycles. The Balaban J connectivity index is 1.95. The first-order valence-corrected chi connectivity index (χ1v) is 6.85. The molecule has 94 valence electrons. The zero-order valence-electron chi connectivity index (χ0n) is 10.7. The smallest absolute Gasteiger partial charge is 0.0346 e. The lowest BCUT2D eigenvalue weighted by Gasteiger charge is -2.10. The van der Waals surface area contributed by atoms with Gasteiger partial charge in [0.05, 0.1) is 0 Å². The molecule has 1 N–H and O–H groups in total. The number of pyridine rings is 1. The third-order valence-electron chi connectivity index (χ3n) is 2.90. The van der Waals surface area contributed by atoms with Gasteiger partial charge in [-0.1, -0.05) is 22.0 Å². The largest absolute Gasteiger partial charge is 0.385 e. The van der Waals surface area contributed by atoms with Crippen LogP contribution in [0.3, 0.4) is 0 Å². The molecule has 0 spiro atoms. The van der Waals surface area contributed by atoms with Gasteiger partial charge in [0.15, 0.2) is 0 Å². The summed E-state index contributed by atoms with van der Waals surface area (Å²) < 4.78 is 1.19. The molecule has 0 unspecified atom stereocenters. The lowest BCUT2D eigenvalue weighted by atomic mass is 10.1. The third-order valence-corrected chi connectivity index (χ3v) is 4.15. The molecule has 0 radical (unpaired) electrons. The van der Waals surface area contributed by atoms with Crippen LogP contribution in [0.15, 0.2) is 41.1 Å². The van der Waals surface area contributed by atoms with E-state index in [9.17, 15) is 0 Å². The number of nitrogens with one attached hydrogen (secondary N) is 1. The van der Waals surface area contributed by atoms with E-state index in [0.717, 1.165) is 13.0 Å². The fourth-order valence-corrected chi connectivity index (χ4v) is 2.17. The van der Waals surface area contributed by atoms with Crippen molar-refractivity contribution >= 4 is 21.6 Å². The van der Waals surface area contributed by atoms with E-state index in [1.165, 1.54) is 26.9 Å². The first kappa shape index (κ1) is 13.1. The molecule has 0 aliphatic heterocycles. The Morgan fingerprint density at radius 3 is 2.56 bits per heavy atom. The molecule has 0 saturated heterocycles. The van der Waals surface area contributed by atoms with Gasteiger partial charge in [-0.15, -0.1) is 0 Å². The molecule has 2 rings (SSSR count). The van der Waals surface area contributed by atoms with Crippen molar-refractivity contribution in [3.63, 3.8) is 0 Å². The molecule has 0 amide bonds. The number of rotatable bonds is 4. The highest BCUT2D eigenvalue weighted by atomic mass is 79.9. The molecule has 1 heterocycles. The lowest BCUT2D eigenvalue weighted by molar-refractivity contribution is 1.00. The van der Waals surface area contributed by atoms with E-state index >= 15 is 0 Å². The van der Waals surface area contributed by atoms with Crippen LogP contribution in [-0.2, 0) is 6.42 Å². The van der Waals surface area contributed by atoms with Gasteiger partial charge in [-0.25, -0.2) is 0 Å². The second kappa shape index (κ2) is 6.01. The highest BCUT2D eigenvalue weighted by molar-refractivity contribution is 9.10. The third kappa shape index (κ3) is 3.33. The van der Waals surface area contributed by atoms with Gasteiger partial charge in [-0.3, -0.25) is 4.98 Å². The molecule has 2 aromatic rings. The van der Waals surface area contributed by atoms with Crippen molar-refractivity contribution < 1.29 is 0 Å². The number of aromatic nitrogens is 1. The van der Waals surface area contributed by atoms with E-state index in [4.69, 9.17) is 0 Å². The van der Waals surface area contributed by atoms with E-state index in [1.807, 2.05) is 12.3 Å². The number of hydrogen-bond acceptors (Lipinski definition) is 2. The summed E-state index contributed by atoms with van der Waals surface area (Å²) in [5.41, 5.74) is 4.96. The van der Waals surface area contributed by atoms with Crippen LogP contribution in [0.2, 0.25) is 0 Å². The predicted octanol–water partition coefficient (Wildman–Crippen LogP) is 4.12. The number of aryl methyl sites for hydroxylation is 2. The van der Waals surface area contributed by atoms with Crippen molar-refractivity contribution in [3.05, 3.63) is 57.8 Å². The molecule has 0 bridgehead atoms. The predicted molar refractivity (Wildman–Crippen MR) is 80.0 cm³/mol. The van der Waals surface area contributed by atoms with Crippen LogP contribution in [-0.4, -0.2) is 11.5 Å². The molecular formula is C15H17BrN2. The fraction of sp³-hybridized carbons (Fsp3) is 0.267. The van der Waals surface area contributed by atoms with Crippen LogP contribution in [0.1, 0.15) is 16.7 Å². The Labute approximate surface area is 117 Å². The molecule has 18 heavy (non-hydrogen) atoms. The lowest BCUT2D eigenvalue weighted by Crippen LogP contribution is -2.05. The van der Waals surface area contributed by atoms with E-state index in [1.54, 1.807) is 6.20 Å².